The first-order valence-corrected chi connectivity index (χ1v) is 8.59. The van der Waals surface area contributed by atoms with Crippen LogP contribution < -0.4 is 0 Å². The summed E-state index contributed by atoms with van der Waals surface area (Å²) >= 11 is 0. The van der Waals surface area contributed by atoms with E-state index in [0.717, 1.165) is 22.4 Å². The molecule has 3 aromatic rings. The largest absolute Gasteiger partial charge is 0.338 e. The van der Waals surface area contributed by atoms with Crippen molar-refractivity contribution in [2.75, 3.05) is 7.05 Å². The predicted molar refractivity (Wildman–Crippen MR) is 99.2 cm³/mol. The van der Waals surface area contributed by atoms with Crippen LogP contribution in [0, 0.1) is 0 Å². The number of amides is 1. The Balaban J connectivity index is 1.76. The lowest BCUT2D eigenvalue weighted by Gasteiger charge is -2.24. The highest BCUT2D eigenvalue weighted by Gasteiger charge is 2.22. The third kappa shape index (κ3) is 3.55. The van der Waals surface area contributed by atoms with Crippen molar-refractivity contribution in [3.63, 3.8) is 0 Å². The van der Waals surface area contributed by atoms with Gasteiger partial charge in [-0.15, -0.1) is 0 Å². The zero-order valence-electron chi connectivity index (χ0n) is 15.2. The molecule has 1 atom stereocenters. The van der Waals surface area contributed by atoms with Crippen molar-refractivity contribution in [3.05, 3.63) is 60.3 Å². The first-order chi connectivity index (χ1) is 12.0. The average Bonchev–Trinajstić information content (AvgIpc) is 3.10. The van der Waals surface area contributed by atoms with Crippen LogP contribution in [0.2, 0.25) is 0 Å². The lowest BCUT2D eigenvalue weighted by atomic mass is 10.2. The maximum absolute atomic E-state index is 12.8. The van der Waals surface area contributed by atoms with Crippen molar-refractivity contribution in [3.8, 4) is 0 Å². The molecule has 5 heteroatoms. The third-order valence-electron chi connectivity index (χ3n) is 4.42. The minimum atomic E-state index is -0.287. The molecule has 0 radical (unpaired) electrons. The van der Waals surface area contributed by atoms with Crippen molar-refractivity contribution in [1.29, 1.82) is 0 Å². The molecule has 0 aliphatic carbocycles. The highest BCUT2D eigenvalue weighted by molar-refractivity contribution is 5.80. The summed E-state index contributed by atoms with van der Waals surface area (Å²) in [5.74, 6) is 1.26. The highest BCUT2D eigenvalue weighted by Crippen LogP contribution is 2.19. The predicted octanol–water partition coefficient (Wildman–Crippen LogP) is 3.77. The molecule has 0 saturated heterocycles. The SMILES string of the molecule is CC(C)c1nccn1[C@H](C)C(=O)N(C)Cc1ccc2ccccc2n1. The van der Waals surface area contributed by atoms with Crippen LogP contribution in [0.15, 0.2) is 48.8 Å². The van der Waals surface area contributed by atoms with Gasteiger partial charge in [0, 0.05) is 30.7 Å². The van der Waals surface area contributed by atoms with Gasteiger partial charge in [-0.1, -0.05) is 38.1 Å². The summed E-state index contributed by atoms with van der Waals surface area (Å²) in [5, 5.41) is 1.11. The molecule has 0 aliphatic heterocycles. The van der Waals surface area contributed by atoms with Gasteiger partial charge in [0.1, 0.15) is 11.9 Å². The van der Waals surface area contributed by atoms with Crippen molar-refractivity contribution in [2.24, 2.45) is 0 Å². The molecule has 0 saturated carbocycles. The van der Waals surface area contributed by atoms with Crippen LogP contribution in [0.3, 0.4) is 0 Å². The number of hydrogen-bond acceptors (Lipinski definition) is 3. The summed E-state index contributed by atoms with van der Waals surface area (Å²) in [6, 6.07) is 11.7. The van der Waals surface area contributed by atoms with Crippen molar-refractivity contribution < 1.29 is 4.79 Å². The molecule has 25 heavy (non-hydrogen) atoms. The van der Waals surface area contributed by atoms with Gasteiger partial charge in [0.2, 0.25) is 5.91 Å². The minimum absolute atomic E-state index is 0.0508. The van der Waals surface area contributed by atoms with Crippen LogP contribution in [0.25, 0.3) is 10.9 Å². The first kappa shape index (κ1) is 17.1. The zero-order chi connectivity index (χ0) is 18.0. The zero-order valence-corrected chi connectivity index (χ0v) is 15.2. The monoisotopic (exact) mass is 336 g/mol. The van der Waals surface area contributed by atoms with Crippen molar-refractivity contribution in [2.45, 2.75) is 39.3 Å². The molecular formula is C20H24N4O. The molecule has 1 aromatic carbocycles. The number of fused-ring (bicyclic) bond motifs is 1. The van der Waals surface area contributed by atoms with E-state index >= 15 is 0 Å². The summed E-state index contributed by atoms with van der Waals surface area (Å²) in [7, 11) is 1.82. The van der Waals surface area contributed by atoms with E-state index in [1.165, 1.54) is 0 Å². The lowest BCUT2D eigenvalue weighted by molar-refractivity contribution is -0.133. The van der Waals surface area contributed by atoms with E-state index in [1.54, 1.807) is 11.1 Å². The fourth-order valence-corrected chi connectivity index (χ4v) is 3.05. The fraction of sp³-hybridized carbons (Fsp3) is 0.350. The van der Waals surface area contributed by atoms with Crippen molar-refractivity contribution in [1.82, 2.24) is 19.4 Å². The molecule has 5 nitrogen and oxygen atoms in total. The van der Waals surface area contributed by atoms with E-state index in [4.69, 9.17) is 0 Å². The molecule has 0 unspecified atom stereocenters. The Morgan fingerprint density at radius 2 is 1.92 bits per heavy atom. The Bertz CT molecular complexity index is 884. The van der Waals surface area contributed by atoms with E-state index < -0.39 is 0 Å². The van der Waals surface area contributed by atoms with E-state index in [0.29, 0.717) is 6.54 Å². The normalized spacial score (nSPS) is 12.5. The molecule has 130 valence electrons. The Hall–Kier alpha value is -2.69. The second kappa shape index (κ2) is 7.05. The summed E-state index contributed by atoms with van der Waals surface area (Å²) in [4.78, 5) is 23.6. The van der Waals surface area contributed by atoms with Gasteiger partial charge in [-0.2, -0.15) is 0 Å². The Labute approximate surface area is 148 Å². The number of hydrogen-bond donors (Lipinski definition) is 0. The number of pyridine rings is 1. The van der Waals surface area contributed by atoms with E-state index in [9.17, 15) is 4.79 Å². The Kier molecular flexibility index (Phi) is 4.83. The number of aromatic nitrogens is 3. The summed E-state index contributed by atoms with van der Waals surface area (Å²) < 4.78 is 1.96. The van der Waals surface area contributed by atoms with Crippen LogP contribution in [0.1, 0.15) is 44.2 Å². The Morgan fingerprint density at radius 3 is 2.68 bits per heavy atom. The van der Waals surface area contributed by atoms with Gasteiger partial charge < -0.3 is 9.47 Å². The summed E-state index contributed by atoms with van der Waals surface area (Å²) in [5.41, 5.74) is 1.84. The second-order valence-corrected chi connectivity index (χ2v) is 6.71. The van der Waals surface area contributed by atoms with Crippen LogP contribution in [-0.2, 0) is 11.3 Å². The molecule has 2 aromatic heterocycles. The number of benzene rings is 1. The molecular weight excluding hydrogens is 312 g/mol. The van der Waals surface area contributed by atoms with Gasteiger partial charge in [0.05, 0.1) is 17.8 Å². The number of imidazole rings is 1. The molecule has 0 aliphatic rings. The molecule has 0 bridgehead atoms. The summed E-state index contributed by atoms with van der Waals surface area (Å²) in [6.45, 7) is 6.57. The van der Waals surface area contributed by atoms with Crippen LogP contribution in [0.5, 0.6) is 0 Å². The second-order valence-electron chi connectivity index (χ2n) is 6.71. The standard InChI is InChI=1S/C20H24N4O/c1-14(2)19-21-11-12-24(19)15(3)20(25)23(4)13-17-10-9-16-7-5-6-8-18(16)22-17/h5-12,14-15H,13H2,1-4H3/t15-/m1/s1. The van der Waals surface area contributed by atoms with Gasteiger partial charge in [0.15, 0.2) is 0 Å². The smallest absolute Gasteiger partial charge is 0.245 e. The molecule has 1 amide bonds. The average molecular weight is 336 g/mol. The number of carbonyl (C=O) groups is 1. The molecule has 2 heterocycles. The maximum Gasteiger partial charge on any atom is 0.245 e. The van der Waals surface area contributed by atoms with E-state index in [2.05, 4.69) is 23.8 Å². The van der Waals surface area contributed by atoms with Crippen LogP contribution in [-0.4, -0.2) is 32.4 Å². The quantitative estimate of drug-likeness (QED) is 0.712. The van der Waals surface area contributed by atoms with E-state index in [1.807, 2.05) is 61.1 Å². The number of nitrogens with zero attached hydrogens (tertiary/aromatic N) is 4. The summed E-state index contributed by atoms with van der Waals surface area (Å²) in [6.07, 6.45) is 3.63. The van der Waals surface area contributed by atoms with Gasteiger partial charge in [-0.05, 0) is 19.1 Å². The van der Waals surface area contributed by atoms with Gasteiger partial charge >= 0.3 is 0 Å². The minimum Gasteiger partial charge on any atom is -0.338 e. The molecule has 3 rings (SSSR count). The molecule has 0 N–H and O–H groups in total. The van der Waals surface area contributed by atoms with Crippen LogP contribution >= 0.6 is 0 Å². The van der Waals surface area contributed by atoms with Gasteiger partial charge in [-0.25, -0.2) is 4.98 Å². The Morgan fingerprint density at radius 1 is 1.16 bits per heavy atom. The number of para-hydroxylation sites is 1. The topological polar surface area (TPSA) is 51.0 Å². The van der Waals surface area contributed by atoms with Gasteiger partial charge in [-0.3, -0.25) is 9.78 Å². The first-order valence-electron chi connectivity index (χ1n) is 8.59. The number of rotatable bonds is 5. The van der Waals surface area contributed by atoms with E-state index in [-0.39, 0.29) is 17.9 Å². The lowest BCUT2D eigenvalue weighted by Crippen LogP contribution is -2.33. The molecule has 0 fully saturated rings. The maximum atomic E-state index is 12.8. The van der Waals surface area contributed by atoms with Gasteiger partial charge in [0.25, 0.3) is 0 Å². The number of carbonyl (C=O) groups excluding carboxylic acids is 1. The highest BCUT2D eigenvalue weighted by atomic mass is 16.2. The number of likely N-dealkylation sites (N-methyl/N-ethyl adjacent to an activating group) is 1. The third-order valence-corrected chi connectivity index (χ3v) is 4.42. The molecule has 0 spiro atoms. The van der Waals surface area contributed by atoms with Crippen LogP contribution in [0.4, 0.5) is 0 Å². The fourth-order valence-electron chi connectivity index (χ4n) is 3.05. The van der Waals surface area contributed by atoms with Crippen molar-refractivity contribution >= 4 is 16.8 Å².